The standard InChI is InChI=1S/C15H21N3O2S/c1-9(2)5-6-16-12(19)7-20-14-13-10(3)11(4)21-15(13)18-8-17-14/h8-9H,5-7H2,1-4H3,(H,16,19). The van der Waals surface area contributed by atoms with Crippen LogP contribution < -0.4 is 10.1 Å². The molecule has 0 radical (unpaired) electrons. The van der Waals surface area contributed by atoms with E-state index in [1.807, 2.05) is 13.8 Å². The minimum absolute atomic E-state index is 0.0153. The van der Waals surface area contributed by atoms with Crippen molar-refractivity contribution in [2.45, 2.75) is 34.1 Å². The summed E-state index contributed by atoms with van der Waals surface area (Å²) < 4.78 is 5.58. The summed E-state index contributed by atoms with van der Waals surface area (Å²) >= 11 is 1.61. The van der Waals surface area contributed by atoms with Crippen molar-refractivity contribution < 1.29 is 9.53 Å². The van der Waals surface area contributed by atoms with E-state index in [2.05, 4.69) is 29.1 Å². The van der Waals surface area contributed by atoms with Crippen molar-refractivity contribution in [2.75, 3.05) is 13.2 Å². The molecule has 6 heteroatoms. The topological polar surface area (TPSA) is 64.1 Å². The molecule has 21 heavy (non-hydrogen) atoms. The average Bonchev–Trinajstić information content (AvgIpc) is 2.72. The van der Waals surface area contributed by atoms with Gasteiger partial charge in [-0.15, -0.1) is 11.3 Å². The summed E-state index contributed by atoms with van der Waals surface area (Å²) in [6.07, 6.45) is 2.44. The van der Waals surface area contributed by atoms with E-state index in [0.29, 0.717) is 18.3 Å². The Balaban J connectivity index is 1.99. The van der Waals surface area contributed by atoms with Gasteiger partial charge in [0.15, 0.2) is 6.61 Å². The molecule has 0 atom stereocenters. The number of carbonyl (C=O) groups is 1. The highest BCUT2D eigenvalue weighted by Crippen LogP contribution is 2.33. The highest BCUT2D eigenvalue weighted by atomic mass is 32.1. The van der Waals surface area contributed by atoms with Crippen LogP contribution in [0, 0.1) is 19.8 Å². The molecular weight excluding hydrogens is 286 g/mol. The number of fused-ring (bicyclic) bond motifs is 1. The molecule has 2 aromatic rings. The van der Waals surface area contributed by atoms with Gasteiger partial charge in [0.2, 0.25) is 5.88 Å². The van der Waals surface area contributed by atoms with Crippen molar-refractivity contribution in [1.82, 2.24) is 15.3 Å². The zero-order chi connectivity index (χ0) is 15.4. The predicted octanol–water partition coefficient (Wildman–Crippen LogP) is 2.85. The van der Waals surface area contributed by atoms with Gasteiger partial charge < -0.3 is 10.1 Å². The third-order valence-electron chi connectivity index (χ3n) is 3.31. The maximum atomic E-state index is 11.7. The lowest BCUT2D eigenvalue weighted by atomic mass is 10.1. The zero-order valence-electron chi connectivity index (χ0n) is 12.9. The molecule has 1 N–H and O–H groups in total. The van der Waals surface area contributed by atoms with Gasteiger partial charge in [-0.1, -0.05) is 13.8 Å². The Kier molecular flexibility index (Phi) is 5.12. The minimum atomic E-state index is -0.119. The fourth-order valence-electron chi connectivity index (χ4n) is 1.94. The molecule has 5 nitrogen and oxygen atoms in total. The highest BCUT2D eigenvalue weighted by Gasteiger charge is 2.14. The monoisotopic (exact) mass is 307 g/mol. The van der Waals surface area contributed by atoms with E-state index in [9.17, 15) is 4.79 Å². The van der Waals surface area contributed by atoms with Crippen molar-refractivity contribution in [3.05, 3.63) is 16.8 Å². The Labute approximate surface area is 128 Å². The summed E-state index contributed by atoms with van der Waals surface area (Å²) in [6.45, 7) is 8.98. The molecule has 0 fully saturated rings. The molecule has 0 spiro atoms. The number of thiophene rings is 1. The summed E-state index contributed by atoms with van der Waals surface area (Å²) in [5.74, 6) is 0.942. The molecule has 0 aliphatic carbocycles. The fourth-order valence-corrected chi connectivity index (χ4v) is 2.93. The smallest absolute Gasteiger partial charge is 0.258 e. The fraction of sp³-hybridized carbons (Fsp3) is 0.533. The van der Waals surface area contributed by atoms with Gasteiger partial charge in [-0.2, -0.15) is 0 Å². The second kappa shape index (κ2) is 6.85. The van der Waals surface area contributed by atoms with Gasteiger partial charge in [0.05, 0.1) is 5.39 Å². The van der Waals surface area contributed by atoms with Gasteiger partial charge in [-0.3, -0.25) is 4.79 Å². The minimum Gasteiger partial charge on any atom is -0.467 e. The Morgan fingerprint density at radius 3 is 2.86 bits per heavy atom. The molecule has 0 aliphatic rings. The third kappa shape index (κ3) is 3.91. The number of ether oxygens (including phenoxy) is 1. The summed E-state index contributed by atoms with van der Waals surface area (Å²) in [5.41, 5.74) is 1.12. The molecule has 0 saturated carbocycles. The van der Waals surface area contributed by atoms with Crippen LogP contribution in [0.5, 0.6) is 5.88 Å². The maximum absolute atomic E-state index is 11.7. The first-order valence-corrected chi connectivity index (χ1v) is 7.91. The van der Waals surface area contributed by atoms with Crippen LogP contribution in [0.15, 0.2) is 6.33 Å². The van der Waals surface area contributed by atoms with Gasteiger partial charge in [0, 0.05) is 11.4 Å². The van der Waals surface area contributed by atoms with Crippen LogP contribution >= 0.6 is 11.3 Å². The Morgan fingerprint density at radius 2 is 2.14 bits per heavy atom. The SMILES string of the molecule is Cc1sc2ncnc(OCC(=O)NCCC(C)C)c2c1C. The van der Waals surface area contributed by atoms with Crippen molar-refractivity contribution in [2.24, 2.45) is 5.92 Å². The van der Waals surface area contributed by atoms with E-state index >= 15 is 0 Å². The van der Waals surface area contributed by atoms with Crippen LogP contribution in [0.2, 0.25) is 0 Å². The van der Waals surface area contributed by atoms with Crippen molar-refractivity contribution in [3.63, 3.8) is 0 Å². The van der Waals surface area contributed by atoms with Crippen molar-refractivity contribution in [3.8, 4) is 5.88 Å². The third-order valence-corrected chi connectivity index (χ3v) is 4.43. The first-order valence-electron chi connectivity index (χ1n) is 7.09. The Bertz CT molecular complexity index is 637. The number of aryl methyl sites for hydroxylation is 2. The largest absolute Gasteiger partial charge is 0.467 e. The Hall–Kier alpha value is -1.69. The van der Waals surface area contributed by atoms with Crippen LogP contribution in [0.1, 0.15) is 30.7 Å². The lowest BCUT2D eigenvalue weighted by Crippen LogP contribution is -2.30. The van der Waals surface area contributed by atoms with Crippen LogP contribution in [-0.2, 0) is 4.79 Å². The van der Waals surface area contributed by atoms with E-state index in [1.165, 1.54) is 11.2 Å². The normalized spacial score (nSPS) is 11.1. The van der Waals surface area contributed by atoms with Gasteiger partial charge in [0.25, 0.3) is 5.91 Å². The molecular formula is C15H21N3O2S. The van der Waals surface area contributed by atoms with E-state index in [-0.39, 0.29) is 12.5 Å². The number of aromatic nitrogens is 2. The molecule has 1 amide bonds. The lowest BCUT2D eigenvalue weighted by Gasteiger charge is -2.09. The maximum Gasteiger partial charge on any atom is 0.258 e. The first-order chi connectivity index (χ1) is 9.99. The molecule has 0 aromatic carbocycles. The molecule has 114 valence electrons. The summed E-state index contributed by atoms with van der Waals surface area (Å²) in [4.78, 5) is 22.2. The summed E-state index contributed by atoms with van der Waals surface area (Å²) in [7, 11) is 0. The number of amides is 1. The average molecular weight is 307 g/mol. The number of carbonyl (C=O) groups excluding carboxylic acids is 1. The van der Waals surface area contributed by atoms with Gasteiger partial charge in [-0.25, -0.2) is 9.97 Å². The number of nitrogens with zero attached hydrogens (tertiary/aromatic N) is 2. The lowest BCUT2D eigenvalue weighted by molar-refractivity contribution is -0.123. The van der Waals surface area contributed by atoms with Gasteiger partial charge in [0.1, 0.15) is 11.2 Å². The van der Waals surface area contributed by atoms with E-state index in [1.54, 1.807) is 11.3 Å². The molecule has 2 rings (SSSR count). The molecule has 0 unspecified atom stereocenters. The highest BCUT2D eigenvalue weighted by molar-refractivity contribution is 7.18. The summed E-state index contributed by atoms with van der Waals surface area (Å²) in [6, 6.07) is 0. The Morgan fingerprint density at radius 1 is 1.38 bits per heavy atom. The zero-order valence-corrected chi connectivity index (χ0v) is 13.7. The molecule has 2 heterocycles. The first kappa shape index (κ1) is 15.7. The van der Waals surface area contributed by atoms with E-state index < -0.39 is 0 Å². The quantitative estimate of drug-likeness (QED) is 0.891. The molecule has 0 saturated heterocycles. The van der Waals surface area contributed by atoms with Crippen molar-refractivity contribution in [1.29, 1.82) is 0 Å². The molecule has 0 bridgehead atoms. The number of nitrogens with one attached hydrogen (secondary N) is 1. The van der Waals surface area contributed by atoms with E-state index in [0.717, 1.165) is 22.2 Å². The van der Waals surface area contributed by atoms with E-state index in [4.69, 9.17) is 4.74 Å². The second-order valence-corrected chi connectivity index (χ2v) is 6.67. The predicted molar refractivity (Wildman–Crippen MR) is 84.8 cm³/mol. The summed E-state index contributed by atoms with van der Waals surface area (Å²) in [5, 5.41) is 3.76. The molecule has 0 aliphatic heterocycles. The molecule has 2 aromatic heterocycles. The van der Waals surface area contributed by atoms with Gasteiger partial charge >= 0.3 is 0 Å². The van der Waals surface area contributed by atoms with Crippen LogP contribution in [0.25, 0.3) is 10.2 Å². The van der Waals surface area contributed by atoms with Crippen LogP contribution in [0.3, 0.4) is 0 Å². The van der Waals surface area contributed by atoms with Crippen LogP contribution in [0.4, 0.5) is 0 Å². The second-order valence-electron chi connectivity index (χ2n) is 5.46. The van der Waals surface area contributed by atoms with Crippen LogP contribution in [-0.4, -0.2) is 29.0 Å². The number of rotatable bonds is 6. The van der Waals surface area contributed by atoms with Crippen molar-refractivity contribution >= 4 is 27.5 Å². The van der Waals surface area contributed by atoms with Gasteiger partial charge in [-0.05, 0) is 31.7 Å². The number of hydrogen-bond donors (Lipinski definition) is 1. The number of hydrogen-bond acceptors (Lipinski definition) is 5.